The summed E-state index contributed by atoms with van der Waals surface area (Å²) in [7, 11) is 0. The first-order chi connectivity index (χ1) is 9.08. The molecule has 0 spiro atoms. The minimum atomic E-state index is -1.25. The monoisotopic (exact) mass is 262 g/mol. The number of hydrogen-bond acceptors (Lipinski definition) is 5. The Morgan fingerprint density at radius 1 is 1.37 bits per heavy atom. The van der Waals surface area contributed by atoms with Crippen molar-refractivity contribution in [3.63, 3.8) is 0 Å². The average Bonchev–Trinajstić information content (AvgIpc) is 2.85. The SMILES string of the molecule is CC(C)c1ccccc1OCc1nnc(C(=O)O)o1. The summed E-state index contributed by atoms with van der Waals surface area (Å²) in [5, 5.41) is 15.7. The summed E-state index contributed by atoms with van der Waals surface area (Å²) in [4.78, 5) is 10.6. The molecular weight excluding hydrogens is 248 g/mol. The topological polar surface area (TPSA) is 85.5 Å². The first-order valence-corrected chi connectivity index (χ1v) is 5.85. The third kappa shape index (κ3) is 3.09. The summed E-state index contributed by atoms with van der Waals surface area (Å²) in [6, 6.07) is 7.65. The second-order valence-corrected chi connectivity index (χ2v) is 4.29. The van der Waals surface area contributed by atoms with Gasteiger partial charge in [0.2, 0.25) is 0 Å². The minimum Gasteiger partial charge on any atom is -0.484 e. The normalized spacial score (nSPS) is 10.7. The standard InChI is InChI=1S/C13H14N2O4/c1-8(2)9-5-3-4-6-10(9)18-7-11-14-15-12(19-11)13(16)17/h3-6,8H,7H2,1-2H3,(H,16,17). The van der Waals surface area contributed by atoms with E-state index in [1.165, 1.54) is 0 Å². The molecule has 1 aromatic carbocycles. The van der Waals surface area contributed by atoms with Gasteiger partial charge in [-0.05, 0) is 17.5 Å². The maximum Gasteiger partial charge on any atom is 0.393 e. The first-order valence-electron chi connectivity index (χ1n) is 5.85. The Labute approximate surface area is 110 Å². The van der Waals surface area contributed by atoms with Gasteiger partial charge in [-0.25, -0.2) is 4.79 Å². The van der Waals surface area contributed by atoms with E-state index < -0.39 is 11.9 Å². The molecule has 1 heterocycles. The lowest BCUT2D eigenvalue weighted by molar-refractivity contribution is 0.0649. The Morgan fingerprint density at radius 3 is 2.74 bits per heavy atom. The summed E-state index contributed by atoms with van der Waals surface area (Å²) >= 11 is 0. The Bertz CT molecular complexity index is 578. The van der Waals surface area contributed by atoms with E-state index in [4.69, 9.17) is 14.3 Å². The van der Waals surface area contributed by atoms with Crippen molar-refractivity contribution in [1.82, 2.24) is 10.2 Å². The van der Waals surface area contributed by atoms with Crippen LogP contribution in [0.2, 0.25) is 0 Å². The van der Waals surface area contributed by atoms with Crippen LogP contribution in [0, 0.1) is 0 Å². The van der Waals surface area contributed by atoms with Crippen LogP contribution in [-0.4, -0.2) is 21.3 Å². The van der Waals surface area contributed by atoms with E-state index in [0.717, 1.165) is 11.3 Å². The lowest BCUT2D eigenvalue weighted by Crippen LogP contribution is -2.00. The molecule has 0 bridgehead atoms. The van der Waals surface area contributed by atoms with Gasteiger partial charge in [-0.3, -0.25) is 0 Å². The molecule has 0 radical (unpaired) electrons. The number of aromatic nitrogens is 2. The van der Waals surface area contributed by atoms with Crippen LogP contribution < -0.4 is 4.74 Å². The number of nitrogens with zero attached hydrogens (tertiary/aromatic N) is 2. The van der Waals surface area contributed by atoms with E-state index in [1.54, 1.807) is 0 Å². The highest BCUT2D eigenvalue weighted by Gasteiger charge is 2.14. The van der Waals surface area contributed by atoms with Gasteiger partial charge in [0.15, 0.2) is 6.61 Å². The maximum absolute atomic E-state index is 10.6. The zero-order chi connectivity index (χ0) is 13.8. The molecule has 19 heavy (non-hydrogen) atoms. The number of benzene rings is 1. The van der Waals surface area contributed by atoms with E-state index >= 15 is 0 Å². The summed E-state index contributed by atoms with van der Waals surface area (Å²) < 4.78 is 10.5. The Hall–Kier alpha value is -2.37. The van der Waals surface area contributed by atoms with Gasteiger partial charge in [0.25, 0.3) is 5.89 Å². The highest BCUT2D eigenvalue weighted by Crippen LogP contribution is 2.26. The third-order valence-corrected chi connectivity index (χ3v) is 2.54. The second kappa shape index (κ2) is 5.51. The molecule has 0 aliphatic heterocycles. The minimum absolute atomic E-state index is 0.0456. The molecule has 0 fully saturated rings. The maximum atomic E-state index is 10.6. The van der Waals surface area contributed by atoms with Crippen molar-refractivity contribution < 1.29 is 19.1 Å². The van der Waals surface area contributed by atoms with Crippen molar-refractivity contribution in [3.05, 3.63) is 41.6 Å². The predicted molar refractivity (Wildman–Crippen MR) is 66.1 cm³/mol. The molecule has 0 unspecified atom stereocenters. The fourth-order valence-electron chi connectivity index (χ4n) is 1.63. The van der Waals surface area contributed by atoms with Gasteiger partial charge in [-0.1, -0.05) is 32.0 Å². The smallest absolute Gasteiger partial charge is 0.393 e. The van der Waals surface area contributed by atoms with Gasteiger partial charge in [-0.2, -0.15) is 0 Å². The van der Waals surface area contributed by atoms with Gasteiger partial charge < -0.3 is 14.3 Å². The molecule has 0 aliphatic rings. The number of hydrogen-bond donors (Lipinski definition) is 1. The van der Waals surface area contributed by atoms with Gasteiger partial charge in [-0.15, -0.1) is 10.2 Å². The highest BCUT2D eigenvalue weighted by molar-refractivity contribution is 5.81. The van der Waals surface area contributed by atoms with E-state index in [-0.39, 0.29) is 12.5 Å². The largest absolute Gasteiger partial charge is 0.484 e. The summed E-state index contributed by atoms with van der Waals surface area (Å²) in [5.74, 6) is -0.492. The number of carbonyl (C=O) groups is 1. The molecule has 6 heteroatoms. The van der Waals surface area contributed by atoms with Crippen molar-refractivity contribution in [3.8, 4) is 5.75 Å². The molecular formula is C13H14N2O4. The summed E-state index contributed by atoms with van der Waals surface area (Å²) in [6.45, 7) is 4.18. The van der Waals surface area contributed by atoms with Crippen LogP contribution in [0.5, 0.6) is 5.75 Å². The van der Waals surface area contributed by atoms with Gasteiger partial charge in [0, 0.05) is 0 Å². The quantitative estimate of drug-likeness (QED) is 0.890. The van der Waals surface area contributed by atoms with Crippen LogP contribution in [0.1, 0.15) is 41.9 Å². The molecule has 100 valence electrons. The summed E-state index contributed by atoms with van der Waals surface area (Å²) in [6.07, 6.45) is 0. The van der Waals surface area contributed by atoms with E-state index in [1.807, 2.05) is 24.3 Å². The summed E-state index contributed by atoms with van der Waals surface area (Å²) in [5.41, 5.74) is 1.07. The van der Waals surface area contributed by atoms with Gasteiger partial charge in [0.05, 0.1) is 0 Å². The Morgan fingerprint density at radius 2 is 2.11 bits per heavy atom. The van der Waals surface area contributed by atoms with Crippen molar-refractivity contribution in [1.29, 1.82) is 0 Å². The molecule has 1 aromatic heterocycles. The lowest BCUT2D eigenvalue weighted by Gasteiger charge is -2.12. The highest BCUT2D eigenvalue weighted by atomic mass is 16.5. The van der Waals surface area contributed by atoms with Gasteiger partial charge >= 0.3 is 11.9 Å². The molecule has 0 aliphatic carbocycles. The Balaban J connectivity index is 2.08. The molecule has 1 N–H and O–H groups in total. The zero-order valence-electron chi connectivity index (χ0n) is 10.7. The molecule has 0 amide bonds. The van der Waals surface area contributed by atoms with Crippen molar-refractivity contribution >= 4 is 5.97 Å². The van der Waals surface area contributed by atoms with E-state index in [9.17, 15) is 4.79 Å². The first kappa shape index (κ1) is 13.1. The fraction of sp³-hybridized carbons (Fsp3) is 0.308. The Kier molecular flexibility index (Phi) is 3.79. The average molecular weight is 262 g/mol. The van der Waals surface area contributed by atoms with Crippen LogP contribution in [0.4, 0.5) is 0 Å². The van der Waals surface area contributed by atoms with Crippen LogP contribution >= 0.6 is 0 Å². The number of ether oxygens (including phenoxy) is 1. The molecule has 0 saturated heterocycles. The molecule has 6 nitrogen and oxygen atoms in total. The predicted octanol–water partition coefficient (Wildman–Crippen LogP) is 2.47. The molecule has 2 rings (SSSR count). The van der Waals surface area contributed by atoms with Crippen LogP contribution in [0.15, 0.2) is 28.7 Å². The zero-order valence-corrected chi connectivity index (χ0v) is 10.7. The third-order valence-electron chi connectivity index (χ3n) is 2.54. The van der Waals surface area contributed by atoms with Crippen molar-refractivity contribution in [2.75, 3.05) is 0 Å². The number of carboxylic acid groups (broad SMARTS) is 1. The van der Waals surface area contributed by atoms with Crippen LogP contribution in [0.25, 0.3) is 0 Å². The van der Waals surface area contributed by atoms with Crippen LogP contribution in [-0.2, 0) is 6.61 Å². The number of carboxylic acids is 1. The van der Waals surface area contributed by atoms with Gasteiger partial charge in [0.1, 0.15) is 5.75 Å². The second-order valence-electron chi connectivity index (χ2n) is 4.29. The lowest BCUT2D eigenvalue weighted by atomic mass is 10.0. The number of aromatic carboxylic acids is 1. The van der Waals surface area contributed by atoms with E-state index in [2.05, 4.69) is 24.0 Å². The molecule has 2 aromatic rings. The fourth-order valence-corrected chi connectivity index (χ4v) is 1.63. The van der Waals surface area contributed by atoms with Crippen molar-refractivity contribution in [2.24, 2.45) is 0 Å². The number of rotatable bonds is 5. The van der Waals surface area contributed by atoms with E-state index in [0.29, 0.717) is 5.92 Å². The molecule has 0 saturated carbocycles. The number of para-hydroxylation sites is 1. The van der Waals surface area contributed by atoms with Crippen molar-refractivity contribution in [2.45, 2.75) is 26.4 Å². The van der Waals surface area contributed by atoms with Crippen LogP contribution in [0.3, 0.4) is 0 Å². The molecule has 0 atom stereocenters.